The Morgan fingerprint density at radius 2 is 1.94 bits per heavy atom. The van der Waals surface area contributed by atoms with Crippen LogP contribution in [-0.4, -0.2) is 48.7 Å². The van der Waals surface area contributed by atoms with Crippen molar-refractivity contribution >= 4 is 5.91 Å². The molecule has 1 aliphatic carbocycles. The summed E-state index contributed by atoms with van der Waals surface area (Å²) in [7, 11) is 3.52. The number of nitrogens with one attached hydrogen (secondary N) is 1. The minimum Gasteiger partial charge on any atom is -0.389 e. The molecule has 1 rings (SSSR count). The van der Waals surface area contributed by atoms with Crippen molar-refractivity contribution < 1.29 is 9.90 Å². The van der Waals surface area contributed by atoms with Crippen LogP contribution in [0.15, 0.2) is 0 Å². The van der Waals surface area contributed by atoms with Crippen molar-refractivity contribution in [2.24, 2.45) is 0 Å². The van der Waals surface area contributed by atoms with Crippen LogP contribution < -0.4 is 5.32 Å². The first-order valence-electron chi connectivity index (χ1n) is 6.17. The molecule has 0 atom stereocenters. The van der Waals surface area contributed by atoms with E-state index in [0.29, 0.717) is 19.5 Å². The summed E-state index contributed by atoms with van der Waals surface area (Å²) < 4.78 is 0. The Morgan fingerprint density at radius 1 is 1.31 bits per heavy atom. The third-order valence-corrected chi connectivity index (χ3v) is 3.25. The van der Waals surface area contributed by atoms with E-state index < -0.39 is 5.60 Å². The lowest BCUT2D eigenvalue weighted by molar-refractivity contribution is -0.128. The number of rotatable bonds is 5. The number of carbonyl (C=O) groups is 1. The second kappa shape index (κ2) is 6.21. The molecule has 0 radical (unpaired) electrons. The smallest absolute Gasteiger partial charge is 0.223 e. The fourth-order valence-corrected chi connectivity index (χ4v) is 2.13. The van der Waals surface area contributed by atoms with Gasteiger partial charge in [-0.15, -0.1) is 0 Å². The summed E-state index contributed by atoms with van der Waals surface area (Å²) in [6.45, 7) is 1.27. The van der Waals surface area contributed by atoms with Crippen LogP contribution in [0, 0.1) is 0 Å². The average molecular weight is 228 g/mol. The predicted octanol–water partition coefficient (Wildman–Crippen LogP) is 0.749. The van der Waals surface area contributed by atoms with Crippen LogP contribution in [0.1, 0.15) is 38.5 Å². The largest absolute Gasteiger partial charge is 0.389 e. The lowest BCUT2D eigenvalue weighted by atomic mass is 9.85. The predicted molar refractivity (Wildman–Crippen MR) is 64.2 cm³/mol. The van der Waals surface area contributed by atoms with E-state index in [4.69, 9.17) is 0 Å². The molecule has 4 heteroatoms. The number of hydrogen-bond donors (Lipinski definition) is 2. The lowest BCUT2D eigenvalue weighted by Gasteiger charge is -2.32. The van der Waals surface area contributed by atoms with Crippen molar-refractivity contribution in [1.29, 1.82) is 0 Å². The SMILES string of the molecule is CN(C)C(=O)CCNCC1(O)CCCCC1. The maximum atomic E-state index is 11.3. The van der Waals surface area contributed by atoms with Crippen molar-refractivity contribution in [3.05, 3.63) is 0 Å². The van der Waals surface area contributed by atoms with Crippen molar-refractivity contribution in [3.8, 4) is 0 Å². The van der Waals surface area contributed by atoms with Gasteiger partial charge in [0.05, 0.1) is 5.60 Å². The minimum atomic E-state index is -0.528. The van der Waals surface area contributed by atoms with Crippen LogP contribution in [0.2, 0.25) is 0 Å². The van der Waals surface area contributed by atoms with Gasteiger partial charge in [-0.25, -0.2) is 0 Å². The van der Waals surface area contributed by atoms with Gasteiger partial charge in [0.15, 0.2) is 0 Å². The van der Waals surface area contributed by atoms with E-state index >= 15 is 0 Å². The Morgan fingerprint density at radius 3 is 2.50 bits per heavy atom. The summed E-state index contributed by atoms with van der Waals surface area (Å²) in [6, 6.07) is 0. The van der Waals surface area contributed by atoms with Crippen LogP contribution in [0.3, 0.4) is 0 Å². The van der Waals surface area contributed by atoms with Crippen molar-refractivity contribution in [2.45, 2.75) is 44.1 Å². The highest BCUT2D eigenvalue weighted by atomic mass is 16.3. The summed E-state index contributed by atoms with van der Waals surface area (Å²) in [6.07, 6.45) is 5.76. The minimum absolute atomic E-state index is 0.128. The van der Waals surface area contributed by atoms with Gasteiger partial charge < -0.3 is 15.3 Å². The van der Waals surface area contributed by atoms with Gasteiger partial charge in [-0.3, -0.25) is 4.79 Å². The van der Waals surface area contributed by atoms with Gasteiger partial charge in [0.1, 0.15) is 0 Å². The van der Waals surface area contributed by atoms with Crippen molar-refractivity contribution in [2.75, 3.05) is 27.2 Å². The van der Waals surface area contributed by atoms with Gasteiger partial charge in [-0.2, -0.15) is 0 Å². The van der Waals surface area contributed by atoms with E-state index in [1.807, 2.05) is 0 Å². The van der Waals surface area contributed by atoms with E-state index in [-0.39, 0.29) is 5.91 Å². The molecule has 1 fully saturated rings. The average Bonchev–Trinajstić information content (AvgIpc) is 2.25. The highest BCUT2D eigenvalue weighted by molar-refractivity contribution is 5.75. The second-order valence-corrected chi connectivity index (χ2v) is 5.00. The van der Waals surface area contributed by atoms with E-state index in [1.165, 1.54) is 6.42 Å². The monoisotopic (exact) mass is 228 g/mol. The summed E-state index contributed by atoms with van der Waals surface area (Å²) in [5.74, 6) is 0.128. The molecule has 0 aliphatic heterocycles. The molecule has 16 heavy (non-hydrogen) atoms. The summed E-state index contributed by atoms with van der Waals surface area (Å²) in [5.41, 5.74) is -0.528. The molecule has 1 saturated carbocycles. The van der Waals surface area contributed by atoms with E-state index in [9.17, 15) is 9.90 Å². The second-order valence-electron chi connectivity index (χ2n) is 5.00. The number of amides is 1. The zero-order valence-corrected chi connectivity index (χ0v) is 10.5. The molecular weight excluding hydrogens is 204 g/mol. The number of carbonyl (C=O) groups excluding carboxylic acids is 1. The first-order valence-corrected chi connectivity index (χ1v) is 6.17. The van der Waals surface area contributed by atoms with E-state index in [0.717, 1.165) is 25.7 Å². The highest BCUT2D eigenvalue weighted by Crippen LogP contribution is 2.27. The topological polar surface area (TPSA) is 52.6 Å². The van der Waals surface area contributed by atoms with Gasteiger partial charge in [-0.05, 0) is 12.8 Å². The molecule has 0 spiro atoms. The molecule has 94 valence electrons. The standard InChI is InChI=1S/C12H24N2O2/c1-14(2)11(15)6-9-13-10-12(16)7-4-3-5-8-12/h13,16H,3-10H2,1-2H3. The number of hydrogen-bond acceptors (Lipinski definition) is 3. The fourth-order valence-electron chi connectivity index (χ4n) is 2.13. The van der Waals surface area contributed by atoms with Crippen molar-refractivity contribution in [1.82, 2.24) is 10.2 Å². The molecule has 0 bridgehead atoms. The van der Waals surface area contributed by atoms with Crippen LogP contribution in [0.5, 0.6) is 0 Å². The fraction of sp³-hybridized carbons (Fsp3) is 0.917. The molecular formula is C12H24N2O2. The molecule has 0 aromatic heterocycles. The first-order chi connectivity index (χ1) is 7.53. The molecule has 2 N–H and O–H groups in total. The molecule has 0 heterocycles. The molecule has 1 aliphatic rings. The van der Waals surface area contributed by atoms with Crippen LogP contribution in [0.4, 0.5) is 0 Å². The molecule has 0 aromatic carbocycles. The molecule has 0 unspecified atom stereocenters. The third kappa shape index (κ3) is 4.49. The van der Waals surface area contributed by atoms with Gasteiger partial charge in [0.2, 0.25) is 5.91 Å². The van der Waals surface area contributed by atoms with Gasteiger partial charge >= 0.3 is 0 Å². The number of aliphatic hydroxyl groups is 1. The maximum absolute atomic E-state index is 11.3. The van der Waals surface area contributed by atoms with Gasteiger partial charge in [-0.1, -0.05) is 19.3 Å². The first kappa shape index (κ1) is 13.5. The Hall–Kier alpha value is -0.610. The zero-order chi connectivity index (χ0) is 12.0. The highest BCUT2D eigenvalue weighted by Gasteiger charge is 2.28. The summed E-state index contributed by atoms with van der Waals surface area (Å²) in [5, 5.41) is 13.4. The van der Waals surface area contributed by atoms with Crippen molar-refractivity contribution in [3.63, 3.8) is 0 Å². The van der Waals surface area contributed by atoms with E-state index in [1.54, 1.807) is 19.0 Å². The number of nitrogens with zero attached hydrogens (tertiary/aromatic N) is 1. The van der Waals surface area contributed by atoms with Gasteiger partial charge in [0.25, 0.3) is 0 Å². The zero-order valence-electron chi connectivity index (χ0n) is 10.5. The maximum Gasteiger partial charge on any atom is 0.223 e. The Balaban J connectivity index is 2.12. The van der Waals surface area contributed by atoms with Gasteiger partial charge in [0, 0.05) is 33.6 Å². The van der Waals surface area contributed by atoms with E-state index in [2.05, 4.69) is 5.32 Å². The van der Waals surface area contributed by atoms with Crippen LogP contribution in [0.25, 0.3) is 0 Å². The summed E-state index contributed by atoms with van der Waals surface area (Å²) in [4.78, 5) is 12.9. The molecule has 0 saturated heterocycles. The lowest BCUT2D eigenvalue weighted by Crippen LogP contribution is -2.43. The summed E-state index contributed by atoms with van der Waals surface area (Å²) >= 11 is 0. The quantitative estimate of drug-likeness (QED) is 0.683. The molecule has 4 nitrogen and oxygen atoms in total. The Labute approximate surface area is 98.0 Å². The third-order valence-electron chi connectivity index (χ3n) is 3.25. The molecule has 0 aromatic rings. The molecule has 1 amide bonds. The van der Waals surface area contributed by atoms with Crippen LogP contribution >= 0.6 is 0 Å². The normalized spacial score (nSPS) is 19.4. The Kier molecular flexibility index (Phi) is 5.22. The Bertz CT molecular complexity index is 223. The van der Waals surface area contributed by atoms with Crippen LogP contribution in [-0.2, 0) is 4.79 Å².